The summed E-state index contributed by atoms with van der Waals surface area (Å²) in [7, 11) is 1.59. The molecule has 0 spiro atoms. The van der Waals surface area contributed by atoms with Gasteiger partial charge in [-0.1, -0.05) is 38.3 Å². The van der Waals surface area contributed by atoms with E-state index in [4.69, 9.17) is 13.9 Å². The number of hydrogen-bond acceptors (Lipinski definition) is 5. The highest BCUT2D eigenvalue weighted by Crippen LogP contribution is 2.30. The zero-order chi connectivity index (χ0) is 21.7. The summed E-state index contributed by atoms with van der Waals surface area (Å²) in [6.45, 7) is 5.71. The van der Waals surface area contributed by atoms with Gasteiger partial charge >= 0.3 is 5.97 Å². The van der Waals surface area contributed by atoms with Gasteiger partial charge in [-0.15, -0.1) is 0 Å². The van der Waals surface area contributed by atoms with Gasteiger partial charge in [0, 0.05) is 12.5 Å². The van der Waals surface area contributed by atoms with Gasteiger partial charge in [-0.2, -0.15) is 0 Å². The first-order valence-electron chi connectivity index (χ1n) is 10.4. The predicted octanol–water partition coefficient (Wildman–Crippen LogP) is 5.96. The molecule has 0 fully saturated rings. The second-order valence-electron chi connectivity index (χ2n) is 7.49. The summed E-state index contributed by atoms with van der Waals surface area (Å²) in [6.07, 6.45) is 4.45. The third-order valence-corrected chi connectivity index (χ3v) is 5.18. The fraction of sp³-hybridized carbons (Fsp3) is 0.360. The van der Waals surface area contributed by atoms with Crippen LogP contribution < -0.4 is 14.9 Å². The van der Waals surface area contributed by atoms with E-state index in [1.807, 2.05) is 31.2 Å². The minimum atomic E-state index is -0.263. The molecular formula is C25H28O5. The lowest BCUT2D eigenvalue weighted by Crippen LogP contribution is -2.11. The van der Waals surface area contributed by atoms with Crippen molar-refractivity contribution in [2.45, 2.75) is 52.9 Å². The zero-order valence-electron chi connectivity index (χ0n) is 18.0. The van der Waals surface area contributed by atoms with Crippen LogP contribution in [0.4, 0.5) is 0 Å². The van der Waals surface area contributed by atoms with Gasteiger partial charge in [0.1, 0.15) is 22.8 Å². The number of benzene rings is 2. The van der Waals surface area contributed by atoms with Crippen LogP contribution in [0.3, 0.4) is 0 Å². The molecule has 1 heterocycles. The first kappa shape index (κ1) is 21.6. The summed E-state index contributed by atoms with van der Waals surface area (Å²) in [6, 6.07) is 10.7. The van der Waals surface area contributed by atoms with Crippen molar-refractivity contribution >= 4 is 16.9 Å². The number of methoxy groups -OCH3 is 1. The Morgan fingerprint density at radius 2 is 1.87 bits per heavy atom. The van der Waals surface area contributed by atoms with Gasteiger partial charge in [0.2, 0.25) is 5.43 Å². The SMILES string of the molecule is CCCCCCC(=O)Oc1cc2oc(C)c(-c3cccc(OC)c3)c(=O)c2cc1C. The molecule has 0 bridgehead atoms. The lowest BCUT2D eigenvalue weighted by atomic mass is 10.0. The highest BCUT2D eigenvalue weighted by molar-refractivity contribution is 5.86. The highest BCUT2D eigenvalue weighted by Gasteiger charge is 2.17. The molecule has 3 rings (SSSR count). The van der Waals surface area contributed by atoms with E-state index in [0.29, 0.717) is 40.2 Å². The maximum Gasteiger partial charge on any atom is 0.311 e. The minimum absolute atomic E-state index is 0.123. The number of fused-ring (bicyclic) bond motifs is 1. The molecule has 0 aliphatic carbocycles. The Kier molecular flexibility index (Phi) is 6.93. The molecule has 0 radical (unpaired) electrons. The average Bonchev–Trinajstić information content (AvgIpc) is 2.73. The molecular weight excluding hydrogens is 380 g/mol. The van der Waals surface area contributed by atoms with E-state index in [1.54, 1.807) is 26.2 Å². The van der Waals surface area contributed by atoms with Crippen molar-refractivity contribution in [2.24, 2.45) is 0 Å². The van der Waals surface area contributed by atoms with Gasteiger partial charge in [-0.25, -0.2) is 0 Å². The summed E-state index contributed by atoms with van der Waals surface area (Å²) in [5, 5.41) is 0.457. The van der Waals surface area contributed by atoms with E-state index < -0.39 is 0 Å². The fourth-order valence-corrected chi connectivity index (χ4v) is 3.53. The standard InChI is InChI=1S/C25H28O5/c1-5-6-7-8-12-23(26)30-21-15-22-20(13-16(21)2)25(27)24(17(3)29-22)18-10-9-11-19(14-18)28-4/h9-11,13-15H,5-8,12H2,1-4H3. The maximum absolute atomic E-state index is 13.2. The Bertz CT molecular complexity index is 1110. The van der Waals surface area contributed by atoms with Crippen LogP contribution in [-0.2, 0) is 4.79 Å². The number of carbonyl (C=O) groups is 1. The molecule has 3 aromatic rings. The maximum atomic E-state index is 13.2. The second kappa shape index (κ2) is 9.61. The summed E-state index contributed by atoms with van der Waals surface area (Å²) in [4.78, 5) is 25.4. The van der Waals surface area contributed by atoms with Gasteiger partial charge in [-0.3, -0.25) is 9.59 Å². The van der Waals surface area contributed by atoms with Crippen LogP contribution >= 0.6 is 0 Å². The Balaban J connectivity index is 1.94. The third-order valence-electron chi connectivity index (χ3n) is 5.18. The summed E-state index contributed by atoms with van der Waals surface area (Å²) < 4.78 is 16.8. The normalized spacial score (nSPS) is 10.9. The average molecular weight is 408 g/mol. The summed E-state index contributed by atoms with van der Waals surface area (Å²) >= 11 is 0. The number of hydrogen-bond donors (Lipinski definition) is 0. The molecule has 0 amide bonds. The van der Waals surface area contributed by atoms with Gasteiger partial charge < -0.3 is 13.9 Å². The Morgan fingerprint density at radius 3 is 2.60 bits per heavy atom. The van der Waals surface area contributed by atoms with E-state index in [9.17, 15) is 9.59 Å². The molecule has 0 saturated heterocycles. The lowest BCUT2D eigenvalue weighted by molar-refractivity contribution is -0.134. The van der Waals surface area contributed by atoms with Crippen LogP contribution in [0.25, 0.3) is 22.1 Å². The van der Waals surface area contributed by atoms with Crippen LogP contribution in [-0.4, -0.2) is 13.1 Å². The van der Waals surface area contributed by atoms with Crippen LogP contribution in [0.5, 0.6) is 11.5 Å². The second-order valence-corrected chi connectivity index (χ2v) is 7.49. The number of ether oxygens (including phenoxy) is 2. The molecule has 2 aromatic carbocycles. The molecule has 0 N–H and O–H groups in total. The largest absolute Gasteiger partial charge is 0.497 e. The monoisotopic (exact) mass is 408 g/mol. The minimum Gasteiger partial charge on any atom is -0.497 e. The quantitative estimate of drug-likeness (QED) is 0.261. The van der Waals surface area contributed by atoms with Crippen LogP contribution in [0.15, 0.2) is 45.6 Å². The zero-order valence-corrected chi connectivity index (χ0v) is 18.0. The van der Waals surface area contributed by atoms with Crippen molar-refractivity contribution in [3.8, 4) is 22.6 Å². The van der Waals surface area contributed by atoms with Crippen molar-refractivity contribution < 1.29 is 18.7 Å². The van der Waals surface area contributed by atoms with E-state index in [0.717, 1.165) is 36.8 Å². The van der Waals surface area contributed by atoms with Crippen molar-refractivity contribution in [1.29, 1.82) is 0 Å². The summed E-state index contributed by atoms with van der Waals surface area (Å²) in [5.74, 6) is 1.34. The molecule has 0 aliphatic rings. The van der Waals surface area contributed by atoms with Crippen LogP contribution in [0.2, 0.25) is 0 Å². The van der Waals surface area contributed by atoms with Gasteiger partial charge in [0.15, 0.2) is 0 Å². The van der Waals surface area contributed by atoms with Crippen molar-refractivity contribution in [3.63, 3.8) is 0 Å². The third kappa shape index (κ3) is 4.73. The van der Waals surface area contributed by atoms with Gasteiger partial charge in [0.05, 0.1) is 18.1 Å². The molecule has 1 aromatic heterocycles. The molecule has 158 valence electrons. The van der Waals surface area contributed by atoms with Gasteiger partial charge in [-0.05, 0) is 49.6 Å². The van der Waals surface area contributed by atoms with Crippen molar-refractivity contribution in [3.05, 3.63) is 57.9 Å². The Labute approximate surface area is 176 Å². The van der Waals surface area contributed by atoms with E-state index in [1.165, 1.54) is 0 Å². The van der Waals surface area contributed by atoms with Crippen molar-refractivity contribution in [1.82, 2.24) is 0 Å². The number of rotatable bonds is 8. The molecule has 5 heteroatoms. The lowest BCUT2D eigenvalue weighted by Gasteiger charge is -2.11. The molecule has 30 heavy (non-hydrogen) atoms. The first-order chi connectivity index (χ1) is 14.4. The molecule has 0 atom stereocenters. The topological polar surface area (TPSA) is 65.7 Å². The molecule has 0 unspecified atom stereocenters. The number of unbranched alkanes of at least 4 members (excludes halogenated alkanes) is 3. The fourth-order valence-electron chi connectivity index (χ4n) is 3.53. The Morgan fingerprint density at radius 1 is 1.07 bits per heavy atom. The van der Waals surface area contributed by atoms with E-state index in [-0.39, 0.29) is 11.4 Å². The van der Waals surface area contributed by atoms with Crippen LogP contribution in [0, 0.1) is 13.8 Å². The first-order valence-corrected chi connectivity index (χ1v) is 10.4. The van der Waals surface area contributed by atoms with E-state index in [2.05, 4.69) is 6.92 Å². The van der Waals surface area contributed by atoms with Crippen LogP contribution in [0.1, 0.15) is 50.4 Å². The Hall–Kier alpha value is -3.08. The van der Waals surface area contributed by atoms with Gasteiger partial charge in [0.25, 0.3) is 0 Å². The number of esters is 1. The smallest absolute Gasteiger partial charge is 0.311 e. The number of carbonyl (C=O) groups excluding carboxylic acids is 1. The summed E-state index contributed by atoms with van der Waals surface area (Å²) in [5.41, 5.74) is 2.24. The predicted molar refractivity (Wildman–Crippen MR) is 118 cm³/mol. The van der Waals surface area contributed by atoms with Crippen molar-refractivity contribution in [2.75, 3.05) is 7.11 Å². The molecule has 0 aliphatic heterocycles. The molecule has 0 saturated carbocycles. The van der Waals surface area contributed by atoms with E-state index >= 15 is 0 Å². The highest BCUT2D eigenvalue weighted by atomic mass is 16.5. The number of aryl methyl sites for hydroxylation is 2. The molecule has 5 nitrogen and oxygen atoms in total.